The molecule has 0 amide bonds. The molecule has 0 fully saturated rings. The van der Waals surface area contributed by atoms with Gasteiger partial charge in [-0.3, -0.25) is 0 Å². The summed E-state index contributed by atoms with van der Waals surface area (Å²) in [5.74, 6) is 0. The van der Waals surface area contributed by atoms with Crippen LogP contribution in [0.2, 0.25) is 0 Å². The van der Waals surface area contributed by atoms with E-state index in [4.69, 9.17) is 0 Å². The maximum absolute atomic E-state index is 3.20. The van der Waals surface area contributed by atoms with Crippen molar-refractivity contribution in [3.05, 3.63) is 120 Å². The molecule has 120 valence electrons. The number of rotatable bonds is 10. The van der Waals surface area contributed by atoms with Gasteiger partial charge in [-0.2, -0.15) is 0 Å². The lowest BCUT2D eigenvalue weighted by atomic mass is 10.3. The molecule has 0 nitrogen and oxygen atoms in total. The Morgan fingerprint density at radius 2 is 0.696 bits per heavy atom. The number of hydrogen-bond acceptors (Lipinski definition) is 0. The van der Waals surface area contributed by atoms with Crippen LogP contribution in [0.25, 0.3) is 0 Å². The Labute approximate surface area is 149 Å². The van der Waals surface area contributed by atoms with E-state index in [0.717, 1.165) is 6.42 Å². The van der Waals surface area contributed by atoms with Crippen LogP contribution in [0.4, 0.5) is 0 Å². The van der Waals surface area contributed by atoms with Crippen LogP contribution in [-0.4, -0.2) is 0 Å². The molecule has 0 unspecified atom stereocenters. The standard InChI is InChI=1S/C22H25Br/c1-2-3-4-5-6-7-8-9-10-11-12-13-14-15-16-17-18-19-20-21-22-23/h3-22H,2H2,1H3/b4-3-,6-5?,8-7?,10-9?,12-11?,14-13?,16-15?,18-17?,20-19?,22-21?. The van der Waals surface area contributed by atoms with E-state index in [1.54, 1.807) is 0 Å². The Bertz CT molecular complexity index is 545. The quantitative estimate of drug-likeness (QED) is 0.354. The average molecular weight is 369 g/mol. The van der Waals surface area contributed by atoms with Crippen LogP contribution in [0.15, 0.2) is 120 Å². The maximum Gasteiger partial charge on any atom is -0.0189 e. The molecule has 0 N–H and O–H groups in total. The predicted octanol–water partition coefficient (Wildman–Crippen LogP) is 7.31. The zero-order valence-electron chi connectivity index (χ0n) is 13.6. The number of allylic oxidation sites excluding steroid dienone is 19. The first-order chi connectivity index (χ1) is 11.4. The fourth-order valence-corrected chi connectivity index (χ4v) is 1.46. The second kappa shape index (κ2) is 19.9. The van der Waals surface area contributed by atoms with Gasteiger partial charge in [0, 0.05) is 0 Å². The molecule has 0 bridgehead atoms. The molecule has 1 heteroatoms. The fraction of sp³-hybridized carbons (Fsp3) is 0.0909. The van der Waals surface area contributed by atoms with Crippen LogP contribution in [0.3, 0.4) is 0 Å². The van der Waals surface area contributed by atoms with Gasteiger partial charge in [0.15, 0.2) is 0 Å². The molecule has 0 spiro atoms. The van der Waals surface area contributed by atoms with E-state index in [0.29, 0.717) is 0 Å². The highest BCUT2D eigenvalue weighted by Gasteiger charge is 1.65. The van der Waals surface area contributed by atoms with Gasteiger partial charge in [0.05, 0.1) is 0 Å². The summed E-state index contributed by atoms with van der Waals surface area (Å²) in [6.07, 6.45) is 39.1. The molecule has 0 aliphatic rings. The molecule has 0 aromatic carbocycles. The lowest BCUT2D eigenvalue weighted by molar-refractivity contribution is 1.22. The van der Waals surface area contributed by atoms with Crippen LogP contribution in [-0.2, 0) is 0 Å². The summed E-state index contributed by atoms with van der Waals surface area (Å²) in [5.41, 5.74) is 0. The molecule has 0 saturated heterocycles. The third-order valence-electron chi connectivity index (χ3n) is 2.33. The van der Waals surface area contributed by atoms with Gasteiger partial charge >= 0.3 is 0 Å². The summed E-state index contributed by atoms with van der Waals surface area (Å²) in [4.78, 5) is 1.81. The summed E-state index contributed by atoms with van der Waals surface area (Å²) >= 11 is 3.20. The Hall–Kier alpha value is -2.12. The van der Waals surface area contributed by atoms with Crippen LogP contribution >= 0.6 is 15.9 Å². The maximum atomic E-state index is 3.20. The highest BCUT2D eigenvalue weighted by Crippen LogP contribution is 1.88. The van der Waals surface area contributed by atoms with E-state index in [9.17, 15) is 0 Å². The second-order valence-electron chi connectivity index (χ2n) is 4.23. The Kier molecular flexibility index (Phi) is 18.0. The van der Waals surface area contributed by atoms with E-state index in [2.05, 4.69) is 35.0 Å². The van der Waals surface area contributed by atoms with E-state index in [1.807, 2.05) is 108 Å². The molecule has 0 saturated carbocycles. The van der Waals surface area contributed by atoms with E-state index in [-0.39, 0.29) is 0 Å². The summed E-state index contributed by atoms with van der Waals surface area (Å²) in [5, 5.41) is 0. The molecule has 0 aliphatic carbocycles. The van der Waals surface area contributed by atoms with Crippen molar-refractivity contribution in [2.45, 2.75) is 13.3 Å². The fourth-order valence-electron chi connectivity index (χ4n) is 1.28. The molecule has 0 rings (SSSR count). The lowest BCUT2D eigenvalue weighted by Crippen LogP contribution is -1.54. The highest BCUT2D eigenvalue weighted by atomic mass is 79.9. The van der Waals surface area contributed by atoms with Crippen molar-refractivity contribution in [1.29, 1.82) is 0 Å². The monoisotopic (exact) mass is 368 g/mol. The minimum atomic E-state index is 1.07. The molecule has 0 heterocycles. The zero-order valence-corrected chi connectivity index (χ0v) is 15.2. The van der Waals surface area contributed by atoms with E-state index >= 15 is 0 Å². The summed E-state index contributed by atoms with van der Waals surface area (Å²) < 4.78 is 0. The first-order valence-electron chi connectivity index (χ1n) is 7.67. The third-order valence-corrected chi connectivity index (χ3v) is 2.64. The van der Waals surface area contributed by atoms with E-state index < -0.39 is 0 Å². The van der Waals surface area contributed by atoms with Gasteiger partial charge in [-0.1, -0.05) is 138 Å². The number of halogens is 1. The first kappa shape index (κ1) is 20.9. The summed E-state index contributed by atoms with van der Waals surface area (Å²) in [7, 11) is 0. The lowest BCUT2D eigenvalue weighted by Gasteiger charge is -1.76. The normalized spacial score (nSPS) is 14.7. The van der Waals surface area contributed by atoms with Crippen LogP contribution in [0, 0.1) is 0 Å². The first-order valence-corrected chi connectivity index (χ1v) is 8.58. The van der Waals surface area contributed by atoms with Crippen molar-refractivity contribution >= 4 is 15.9 Å². The molecular formula is C22H25Br. The highest BCUT2D eigenvalue weighted by molar-refractivity contribution is 9.11. The second-order valence-corrected chi connectivity index (χ2v) is 4.76. The van der Waals surface area contributed by atoms with Gasteiger partial charge in [-0.15, -0.1) is 0 Å². The molecule has 23 heavy (non-hydrogen) atoms. The van der Waals surface area contributed by atoms with E-state index in [1.165, 1.54) is 0 Å². The smallest absolute Gasteiger partial charge is 0.0189 e. The Balaban J connectivity index is 3.88. The minimum Gasteiger partial charge on any atom is -0.0848 e. The molecule has 0 atom stereocenters. The molecule has 0 radical (unpaired) electrons. The molecule has 0 aromatic rings. The summed E-state index contributed by atoms with van der Waals surface area (Å²) in [6, 6.07) is 0. The Morgan fingerprint density at radius 1 is 0.435 bits per heavy atom. The van der Waals surface area contributed by atoms with Crippen molar-refractivity contribution in [3.8, 4) is 0 Å². The van der Waals surface area contributed by atoms with Gasteiger partial charge in [0.25, 0.3) is 0 Å². The largest absolute Gasteiger partial charge is 0.0848 e. The van der Waals surface area contributed by atoms with Crippen LogP contribution in [0.1, 0.15) is 13.3 Å². The molecule has 0 aromatic heterocycles. The van der Waals surface area contributed by atoms with Gasteiger partial charge in [-0.25, -0.2) is 0 Å². The topological polar surface area (TPSA) is 0 Å². The van der Waals surface area contributed by atoms with Crippen molar-refractivity contribution in [3.63, 3.8) is 0 Å². The SMILES string of the molecule is CC/C=C\C=CC=CC=CC=CC=CC=CC=CC=CC=CBr. The van der Waals surface area contributed by atoms with Gasteiger partial charge in [-0.05, 0) is 11.4 Å². The van der Waals surface area contributed by atoms with Crippen LogP contribution in [0.5, 0.6) is 0 Å². The third kappa shape index (κ3) is 19.9. The molecule has 0 aliphatic heterocycles. The van der Waals surface area contributed by atoms with Crippen LogP contribution < -0.4 is 0 Å². The molecular weight excluding hydrogens is 344 g/mol. The van der Waals surface area contributed by atoms with Crippen molar-refractivity contribution < 1.29 is 0 Å². The van der Waals surface area contributed by atoms with Gasteiger partial charge < -0.3 is 0 Å². The zero-order chi connectivity index (χ0) is 16.8. The van der Waals surface area contributed by atoms with Gasteiger partial charge in [0.1, 0.15) is 0 Å². The van der Waals surface area contributed by atoms with Crippen molar-refractivity contribution in [1.82, 2.24) is 0 Å². The minimum absolute atomic E-state index is 1.07. The van der Waals surface area contributed by atoms with Crippen molar-refractivity contribution in [2.75, 3.05) is 0 Å². The van der Waals surface area contributed by atoms with Gasteiger partial charge in [0.2, 0.25) is 0 Å². The number of hydrogen-bond donors (Lipinski definition) is 0. The summed E-state index contributed by atoms with van der Waals surface area (Å²) in [6.45, 7) is 2.12. The Morgan fingerprint density at radius 3 is 0.957 bits per heavy atom. The average Bonchev–Trinajstić information content (AvgIpc) is 2.57. The van der Waals surface area contributed by atoms with Crippen molar-refractivity contribution in [2.24, 2.45) is 0 Å². The predicted molar refractivity (Wildman–Crippen MR) is 111 cm³/mol.